The average Bonchev–Trinajstić information content (AvgIpc) is 2.95. The fraction of sp³-hybridized carbons (Fsp3) is 0.333. The summed E-state index contributed by atoms with van der Waals surface area (Å²) in [5.41, 5.74) is 4.45. The summed E-state index contributed by atoms with van der Waals surface area (Å²) in [6, 6.07) is 25.2. The van der Waals surface area contributed by atoms with E-state index < -0.39 is 4.75 Å². The molecule has 7 nitrogen and oxygen atoms in total. The van der Waals surface area contributed by atoms with Crippen molar-refractivity contribution in [3.8, 4) is 0 Å². The van der Waals surface area contributed by atoms with Gasteiger partial charge in [-0.25, -0.2) is 5.01 Å². The van der Waals surface area contributed by atoms with Gasteiger partial charge in [0.15, 0.2) is 0 Å². The molecule has 1 heterocycles. The number of nitrogens with one attached hydrogen (secondary N) is 1. The van der Waals surface area contributed by atoms with E-state index in [0.29, 0.717) is 25.1 Å². The van der Waals surface area contributed by atoms with Crippen molar-refractivity contribution in [3.05, 3.63) is 95.6 Å². The fourth-order valence-corrected chi connectivity index (χ4v) is 5.93. The topological polar surface area (TPSA) is 88.1 Å². The molecule has 1 aliphatic rings. The lowest BCUT2D eigenvalue weighted by Gasteiger charge is -2.24. The van der Waals surface area contributed by atoms with Crippen LogP contribution in [0.1, 0.15) is 63.1 Å². The number of hydrazone groups is 1. The Bertz CT molecular complexity index is 1420. The van der Waals surface area contributed by atoms with Crippen molar-refractivity contribution in [1.29, 1.82) is 0 Å². The molecule has 1 N–H and O–H groups in total. The molecule has 1 atom stereocenters. The van der Waals surface area contributed by atoms with Gasteiger partial charge in [-0.1, -0.05) is 74.5 Å². The largest absolute Gasteiger partial charge is 0.468 e. The Morgan fingerprint density at radius 2 is 1.71 bits per heavy atom. The van der Waals surface area contributed by atoms with Gasteiger partial charge in [0.1, 0.15) is 4.75 Å². The van der Waals surface area contributed by atoms with Gasteiger partial charge in [-0.15, -0.1) is 11.8 Å². The molecule has 4 rings (SSSR count). The number of methoxy groups -OCH3 is 1. The number of hydrogen-bond donors (Lipinski definition) is 1. The summed E-state index contributed by atoms with van der Waals surface area (Å²) in [5, 5.41) is 9.24. The summed E-state index contributed by atoms with van der Waals surface area (Å²) in [6.07, 6.45) is 1.06. The van der Waals surface area contributed by atoms with E-state index in [1.807, 2.05) is 107 Å². The molecular weight excluding hydrogens is 534 g/mol. The van der Waals surface area contributed by atoms with Gasteiger partial charge in [-0.3, -0.25) is 14.4 Å². The van der Waals surface area contributed by atoms with Crippen LogP contribution < -0.4 is 5.32 Å². The highest BCUT2D eigenvalue weighted by Crippen LogP contribution is 2.35. The number of nitrogens with zero attached hydrogens (tertiary/aromatic N) is 2. The van der Waals surface area contributed by atoms with Gasteiger partial charge in [0.2, 0.25) is 11.8 Å². The van der Waals surface area contributed by atoms with Crippen molar-refractivity contribution in [1.82, 2.24) is 5.01 Å². The first-order valence-electron chi connectivity index (χ1n) is 13.8. The number of ether oxygens (including phenoxy) is 1. The van der Waals surface area contributed by atoms with Gasteiger partial charge in [0.25, 0.3) is 0 Å². The maximum Gasteiger partial charge on any atom is 0.321 e. The second kappa shape index (κ2) is 13.2. The van der Waals surface area contributed by atoms with E-state index in [9.17, 15) is 14.4 Å². The van der Waals surface area contributed by atoms with Crippen LogP contribution in [0, 0.1) is 5.92 Å². The maximum absolute atomic E-state index is 13.5. The molecular formula is C33H37N3O4S. The third kappa shape index (κ3) is 7.64. The van der Waals surface area contributed by atoms with Gasteiger partial charge in [0, 0.05) is 23.4 Å². The predicted molar refractivity (Wildman–Crippen MR) is 164 cm³/mol. The molecule has 0 saturated heterocycles. The second-order valence-electron chi connectivity index (χ2n) is 10.9. The molecule has 0 bridgehead atoms. The highest BCUT2D eigenvalue weighted by molar-refractivity contribution is 8.01. The van der Waals surface area contributed by atoms with Crippen LogP contribution in [0.5, 0.6) is 0 Å². The Morgan fingerprint density at radius 3 is 2.37 bits per heavy atom. The summed E-state index contributed by atoms with van der Waals surface area (Å²) >= 11 is 1.38. The summed E-state index contributed by atoms with van der Waals surface area (Å²) in [7, 11) is 1.38. The van der Waals surface area contributed by atoms with Crippen molar-refractivity contribution in [3.63, 3.8) is 0 Å². The predicted octanol–water partition coefficient (Wildman–Crippen LogP) is 6.64. The zero-order valence-electron chi connectivity index (χ0n) is 24.2. The maximum atomic E-state index is 13.5. The molecule has 3 aromatic carbocycles. The summed E-state index contributed by atoms with van der Waals surface area (Å²) in [6.45, 7) is 8.04. The lowest BCUT2D eigenvalue weighted by Crippen LogP contribution is -2.31. The Kier molecular flexibility index (Phi) is 9.65. The quantitative estimate of drug-likeness (QED) is 0.218. The molecule has 0 aromatic heterocycles. The molecule has 2 amide bonds. The normalized spacial score (nSPS) is 14.4. The third-order valence-electron chi connectivity index (χ3n) is 6.98. The smallest absolute Gasteiger partial charge is 0.321 e. The molecule has 0 radical (unpaired) electrons. The molecule has 8 heteroatoms. The minimum atomic E-state index is -0.757. The van der Waals surface area contributed by atoms with Crippen LogP contribution in [0.3, 0.4) is 0 Å². The Balaban J connectivity index is 1.45. The van der Waals surface area contributed by atoms with Crippen molar-refractivity contribution < 1.29 is 19.1 Å². The van der Waals surface area contributed by atoms with Crippen LogP contribution in [0.25, 0.3) is 0 Å². The first-order chi connectivity index (χ1) is 19.6. The van der Waals surface area contributed by atoms with Crippen LogP contribution in [0.15, 0.2) is 88.9 Å². The molecule has 0 fully saturated rings. The van der Waals surface area contributed by atoms with Crippen LogP contribution in [0.2, 0.25) is 0 Å². The van der Waals surface area contributed by atoms with E-state index in [2.05, 4.69) is 10.4 Å². The van der Waals surface area contributed by atoms with Crippen molar-refractivity contribution >= 4 is 40.9 Å². The molecule has 214 valence electrons. The number of amides is 2. The minimum absolute atomic E-state index is 0.00330. The monoisotopic (exact) mass is 571 g/mol. The Labute approximate surface area is 246 Å². The molecule has 0 aliphatic carbocycles. The second-order valence-corrected chi connectivity index (χ2v) is 12.6. The fourth-order valence-electron chi connectivity index (χ4n) is 4.84. The molecule has 3 aromatic rings. The Hall–Kier alpha value is -3.91. The van der Waals surface area contributed by atoms with Crippen molar-refractivity contribution in [2.45, 2.75) is 62.6 Å². The number of hydrogen-bond acceptors (Lipinski definition) is 6. The van der Waals surface area contributed by atoms with Gasteiger partial charge in [0.05, 0.1) is 25.3 Å². The van der Waals surface area contributed by atoms with Crippen LogP contribution >= 0.6 is 11.8 Å². The highest BCUT2D eigenvalue weighted by Gasteiger charge is 2.30. The van der Waals surface area contributed by atoms with Gasteiger partial charge in [-0.05, 0) is 54.7 Å². The number of benzene rings is 3. The van der Waals surface area contributed by atoms with E-state index in [4.69, 9.17) is 4.74 Å². The number of carbonyl (C=O) groups is 3. The van der Waals surface area contributed by atoms with E-state index >= 15 is 0 Å². The van der Waals surface area contributed by atoms with Crippen molar-refractivity contribution in [2.75, 3.05) is 12.4 Å². The van der Waals surface area contributed by atoms with Crippen LogP contribution in [0.4, 0.5) is 5.69 Å². The first kappa shape index (κ1) is 30.1. The SMILES string of the molecule is COC(=O)C(C)(C)Sc1cccc(NC(=O)C(c2ccc(CN3N=C(c4ccccc4)CCC3=O)cc2)C(C)C)c1. The molecule has 0 spiro atoms. The molecule has 1 aliphatic heterocycles. The summed E-state index contributed by atoms with van der Waals surface area (Å²) < 4.78 is 4.16. The lowest BCUT2D eigenvalue weighted by molar-refractivity contribution is -0.142. The summed E-state index contributed by atoms with van der Waals surface area (Å²) in [5.74, 6) is -0.730. The van der Waals surface area contributed by atoms with Crippen LogP contribution in [-0.2, 0) is 25.7 Å². The number of rotatable bonds is 10. The van der Waals surface area contributed by atoms with E-state index in [1.54, 1.807) is 5.01 Å². The van der Waals surface area contributed by atoms with Crippen molar-refractivity contribution in [2.24, 2.45) is 11.0 Å². The van der Waals surface area contributed by atoms with E-state index in [0.717, 1.165) is 27.3 Å². The zero-order chi connectivity index (χ0) is 29.6. The first-order valence-corrected chi connectivity index (χ1v) is 14.6. The summed E-state index contributed by atoms with van der Waals surface area (Å²) in [4.78, 5) is 39.0. The Morgan fingerprint density at radius 1 is 1.00 bits per heavy atom. The molecule has 1 unspecified atom stereocenters. The van der Waals surface area contributed by atoms with E-state index in [1.165, 1.54) is 18.9 Å². The molecule has 0 saturated carbocycles. The number of esters is 1. The highest BCUT2D eigenvalue weighted by atomic mass is 32.2. The zero-order valence-corrected chi connectivity index (χ0v) is 25.0. The molecule has 41 heavy (non-hydrogen) atoms. The minimum Gasteiger partial charge on any atom is -0.468 e. The number of thioether (sulfide) groups is 1. The van der Waals surface area contributed by atoms with E-state index in [-0.39, 0.29) is 29.6 Å². The number of anilines is 1. The van der Waals surface area contributed by atoms with Gasteiger partial charge < -0.3 is 10.1 Å². The third-order valence-corrected chi connectivity index (χ3v) is 8.15. The standard InChI is InChI=1S/C33H37N3O4S/c1-22(2)30(31(38)34-26-12-9-13-27(20-26)41-33(3,4)32(39)40-5)25-16-14-23(15-17-25)21-36-29(37)19-18-28(35-36)24-10-7-6-8-11-24/h6-17,20,22,30H,18-19,21H2,1-5H3,(H,34,38). The number of carbonyl (C=O) groups excluding carboxylic acids is 3. The van der Waals surface area contributed by atoms with Crippen LogP contribution in [-0.4, -0.2) is 40.4 Å². The van der Waals surface area contributed by atoms with Gasteiger partial charge in [-0.2, -0.15) is 5.10 Å². The van der Waals surface area contributed by atoms with Gasteiger partial charge >= 0.3 is 5.97 Å². The average molecular weight is 572 g/mol. The lowest BCUT2D eigenvalue weighted by atomic mass is 9.87.